The van der Waals surface area contributed by atoms with Gasteiger partial charge in [-0.3, -0.25) is 9.78 Å². The molecule has 0 spiro atoms. The quantitative estimate of drug-likeness (QED) is 0.668. The highest BCUT2D eigenvalue weighted by Gasteiger charge is 2.17. The van der Waals surface area contributed by atoms with Gasteiger partial charge in [-0.1, -0.05) is 24.3 Å². The predicted molar refractivity (Wildman–Crippen MR) is 104 cm³/mol. The van der Waals surface area contributed by atoms with Crippen molar-refractivity contribution in [2.24, 2.45) is 0 Å². The number of pyridine rings is 1. The van der Waals surface area contributed by atoms with Crippen LogP contribution in [0.15, 0.2) is 68.0 Å². The first kappa shape index (κ1) is 19.4. The highest BCUT2D eigenvalue weighted by atomic mass is 16.5. The van der Waals surface area contributed by atoms with Gasteiger partial charge in [0.2, 0.25) is 0 Å². The number of nitrogens with one attached hydrogen (secondary N) is 1. The zero-order chi connectivity index (χ0) is 18.8. The number of benzene rings is 1. The minimum Gasteiger partial charge on any atom is -0.497 e. The third kappa shape index (κ3) is 5.29. The first-order valence-corrected chi connectivity index (χ1v) is 8.47. The molecule has 0 bridgehead atoms. The van der Waals surface area contributed by atoms with E-state index in [0.717, 1.165) is 16.9 Å². The molecule has 0 saturated heterocycles. The van der Waals surface area contributed by atoms with E-state index >= 15 is 0 Å². The maximum absolute atomic E-state index is 12.8. The maximum Gasteiger partial charge on any atom is 0.256 e. The number of amides is 1. The van der Waals surface area contributed by atoms with Gasteiger partial charge in [-0.15, -0.1) is 13.2 Å². The van der Waals surface area contributed by atoms with E-state index in [1.165, 1.54) is 0 Å². The van der Waals surface area contributed by atoms with Gasteiger partial charge in [0.05, 0.1) is 12.7 Å². The molecule has 1 N–H and O–H groups in total. The van der Waals surface area contributed by atoms with Gasteiger partial charge in [-0.25, -0.2) is 0 Å². The number of hydrogen-bond donors (Lipinski definition) is 1. The van der Waals surface area contributed by atoms with E-state index in [-0.39, 0.29) is 5.91 Å². The number of aromatic nitrogens is 1. The van der Waals surface area contributed by atoms with Gasteiger partial charge in [-0.2, -0.15) is 0 Å². The minimum atomic E-state index is -0.0702. The second-order valence-electron chi connectivity index (χ2n) is 5.77. The molecule has 0 aliphatic rings. The minimum absolute atomic E-state index is 0.0702. The fourth-order valence-corrected chi connectivity index (χ4v) is 2.58. The van der Waals surface area contributed by atoms with Crippen molar-refractivity contribution >= 4 is 5.91 Å². The van der Waals surface area contributed by atoms with Crippen LogP contribution in [0.2, 0.25) is 0 Å². The Balaban J connectivity index is 2.04. The molecule has 0 atom stereocenters. The lowest BCUT2D eigenvalue weighted by Crippen LogP contribution is -2.32. The van der Waals surface area contributed by atoms with Crippen LogP contribution in [0.3, 0.4) is 0 Å². The summed E-state index contributed by atoms with van der Waals surface area (Å²) in [5.74, 6) is 0.763. The third-order valence-electron chi connectivity index (χ3n) is 3.93. The van der Waals surface area contributed by atoms with E-state index in [1.54, 1.807) is 36.6 Å². The molecule has 5 nitrogen and oxygen atoms in total. The van der Waals surface area contributed by atoms with Crippen LogP contribution in [-0.4, -0.2) is 36.0 Å². The predicted octanol–water partition coefficient (Wildman–Crippen LogP) is 3.19. The molecule has 0 fully saturated rings. The second kappa shape index (κ2) is 10.2. The second-order valence-corrected chi connectivity index (χ2v) is 5.77. The number of ether oxygens (including phenoxy) is 1. The topological polar surface area (TPSA) is 54.5 Å². The Kier molecular flexibility index (Phi) is 7.58. The lowest BCUT2D eigenvalue weighted by molar-refractivity contribution is 0.0789. The molecule has 0 saturated carbocycles. The average molecular weight is 351 g/mol. The molecular weight excluding hydrogens is 326 g/mol. The van der Waals surface area contributed by atoms with Gasteiger partial charge in [0.25, 0.3) is 5.91 Å². The Bertz CT molecular complexity index is 731. The van der Waals surface area contributed by atoms with Crippen LogP contribution in [0.1, 0.15) is 21.5 Å². The Hall–Kier alpha value is -2.92. The van der Waals surface area contributed by atoms with Crippen LogP contribution in [0.4, 0.5) is 0 Å². The summed E-state index contributed by atoms with van der Waals surface area (Å²) in [6, 6.07) is 9.76. The smallest absolute Gasteiger partial charge is 0.256 e. The van der Waals surface area contributed by atoms with Gasteiger partial charge < -0.3 is 15.0 Å². The SMILES string of the molecule is C=CCN(CC=C)C(=O)c1cnccc1CNCc1ccc(OC)cc1. The Morgan fingerprint density at radius 3 is 2.46 bits per heavy atom. The van der Waals surface area contributed by atoms with Gasteiger partial charge >= 0.3 is 0 Å². The molecule has 1 aromatic carbocycles. The van der Waals surface area contributed by atoms with Crippen molar-refractivity contribution in [2.75, 3.05) is 20.2 Å². The summed E-state index contributed by atoms with van der Waals surface area (Å²) in [5.41, 5.74) is 2.66. The van der Waals surface area contributed by atoms with E-state index in [0.29, 0.717) is 31.7 Å². The molecule has 0 aliphatic heterocycles. The fourth-order valence-electron chi connectivity index (χ4n) is 2.58. The molecule has 2 rings (SSSR count). The van der Waals surface area contributed by atoms with E-state index in [4.69, 9.17) is 4.74 Å². The van der Waals surface area contributed by atoms with Crippen molar-refractivity contribution in [2.45, 2.75) is 13.1 Å². The van der Waals surface area contributed by atoms with Crippen LogP contribution in [-0.2, 0) is 13.1 Å². The highest BCUT2D eigenvalue weighted by molar-refractivity contribution is 5.95. The fraction of sp³-hybridized carbons (Fsp3) is 0.238. The molecule has 1 aromatic heterocycles. The van der Waals surface area contributed by atoms with Crippen molar-refractivity contribution < 1.29 is 9.53 Å². The molecule has 1 amide bonds. The first-order valence-electron chi connectivity index (χ1n) is 8.47. The van der Waals surface area contributed by atoms with E-state index < -0.39 is 0 Å². The monoisotopic (exact) mass is 351 g/mol. The summed E-state index contributed by atoms with van der Waals surface area (Å²) in [7, 11) is 1.65. The molecule has 0 unspecified atom stereocenters. The summed E-state index contributed by atoms with van der Waals surface area (Å²) < 4.78 is 5.16. The van der Waals surface area contributed by atoms with Crippen molar-refractivity contribution in [3.8, 4) is 5.75 Å². The molecule has 5 heteroatoms. The zero-order valence-electron chi connectivity index (χ0n) is 15.1. The zero-order valence-corrected chi connectivity index (χ0v) is 15.1. The van der Waals surface area contributed by atoms with Crippen LogP contribution in [0.5, 0.6) is 5.75 Å². The molecule has 0 aliphatic carbocycles. The molecule has 1 heterocycles. The third-order valence-corrected chi connectivity index (χ3v) is 3.93. The summed E-state index contributed by atoms with van der Waals surface area (Å²) in [6.45, 7) is 9.64. The largest absolute Gasteiger partial charge is 0.497 e. The Morgan fingerprint density at radius 1 is 1.15 bits per heavy atom. The van der Waals surface area contributed by atoms with Crippen LogP contribution >= 0.6 is 0 Å². The van der Waals surface area contributed by atoms with Crippen molar-refractivity contribution in [3.05, 3.63) is 84.7 Å². The summed E-state index contributed by atoms with van der Waals surface area (Å²) >= 11 is 0. The standard InChI is InChI=1S/C21H25N3O2/c1-4-12-24(13-5-2)21(25)20-16-22-11-10-18(20)15-23-14-17-6-8-19(26-3)9-7-17/h4-11,16,23H,1-2,12-15H2,3H3. The first-order chi connectivity index (χ1) is 12.7. The van der Waals surface area contributed by atoms with Crippen molar-refractivity contribution in [1.82, 2.24) is 15.2 Å². The summed E-state index contributed by atoms with van der Waals surface area (Å²) in [6.07, 6.45) is 6.73. The number of rotatable bonds is 10. The molecular formula is C21H25N3O2. The number of carbonyl (C=O) groups is 1. The molecule has 2 aromatic rings. The van der Waals surface area contributed by atoms with Gasteiger partial charge in [0.1, 0.15) is 5.75 Å². The summed E-state index contributed by atoms with van der Waals surface area (Å²) in [5, 5.41) is 3.37. The van der Waals surface area contributed by atoms with Crippen LogP contribution < -0.4 is 10.1 Å². The van der Waals surface area contributed by atoms with Crippen molar-refractivity contribution in [1.29, 1.82) is 0 Å². The summed E-state index contributed by atoms with van der Waals surface area (Å²) in [4.78, 5) is 18.6. The average Bonchev–Trinajstić information content (AvgIpc) is 2.68. The lowest BCUT2D eigenvalue weighted by Gasteiger charge is -2.20. The van der Waals surface area contributed by atoms with E-state index in [2.05, 4.69) is 23.5 Å². The molecule has 26 heavy (non-hydrogen) atoms. The van der Waals surface area contributed by atoms with Crippen LogP contribution in [0, 0.1) is 0 Å². The normalized spacial score (nSPS) is 10.2. The molecule has 136 valence electrons. The number of nitrogens with zero attached hydrogens (tertiary/aromatic N) is 2. The Morgan fingerprint density at radius 2 is 1.85 bits per heavy atom. The number of hydrogen-bond acceptors (Lipinski definition) is 4. The molecule has 0 radical (unpaired) electrons. The number of methoxy groups -OCH3 is 1. The van der Waals surface area contributed by atoms with Gasteiger partial charge in [0, 0.05) is 38.6 Å². The number of carbonyl (C=O) groups excluding carboxylic acids is 1. The van der Waals surface area contributed by atoms with E-state index in [1.807, 2.05) is 30.3 Å². The maximum atomic E-state index is 12.8. The van der Waals surface area contributed by atoms with Crippen molar-refractivity contribution in [3.63, 3.8) is 0 Å². The highest BCUT2D eigenvalue weighted by Crippen LogP contribution is 2.13. The van der Waals surface area contributed by atoms with Gasteiger partial charge in [0.15, 0.2) is 0 Å². The van der Waals surface area contributed by atoms with Crippen LogP contribution in [0.25, 0.3) is 0 Å². The lowest BCUT2D eigenvalue weighted by atomic mass is 10.1. The van der Waals surface area contributed by atoms with Gasteiger partial charge in [-0.05, 0) is 29.3 Å². The Labute approximate surface area is 155 Å². The van der Waals surface area contributed by atoms with E-state index in [9.17, 15) is 4.79 Å².